The van der Waals surface area contributed by atoms with Gasteiger partial charge in [0.1, 0.15) is 0 Å². The maximum atomic E-state index is 10.4. The lowest BCUT2D eigenvalue weighted by Gasteiger charge is -2.05. The Morgan fingerprint density at radius 3 is 2.67 bits per heavy atom. The lowest BCUT2D eigenvalue weighted by molar-refractivity contribution is 0.194. The molecule has 0 aliphatic carbocycles. The number of amides is 1. The first-order chi connectivity index (χ1) is 7.27. The van der Waals surface area contributed by atoms with Crippen molar-refractivity contribution in [2.24, 2.45) is 0 Å². The molecule has 3 heteroatoms. The van der Waals surface area contributed by atoms with Crippen LogP contribution >= 0.6 is 0 Å². The Morgan fingerprint density at radius 1 is 1.13 bits per heavy atom. The summed E-state index contributed by atoms with van der Waals surface area (Å²) in [5.74, 6) is 0. The molecular formula is C12H11NO2. The molecule has 1 amide bonds. The van der Waals surface area contributed by atoms with Gasteiger partial charge < -0.3 is 10.4 Å². The van der Waals surface area contributed by atoms with Gasteiger partial charge in [-0.3, -0.25) is 0 Å². The van der Waals surface area contributed by atoms with E-state index in [0.29, 0.717) is 6.54 Å². The van der Waals surface area contributed by atoms with Crippen molar-refractivity contribution >= 4 is 16.9 Å². The SMILES string of the molecule is O=C(O)NCc1cccc2ccccc12. The van der Waals surface area contributed by atoms with Crippen LogP contribution in [0.25, 0.3) is 10.8 Å². The Balaban J connectivity index is 2.38. The van der Waals surface area contributed by atoms with Crippen LogP contribution in [0.1, 0.15) is 5.56 Å². The molecule has 0 fully saturated rings. The summed E-state index contributed by atoms with van der Waals surface area (Å²) in [5.41, 5.74) is 0.996. The van der Waals surface area contributed by atoms with Gasteiger partial charge in [-0.1, -0.05) is 42.5 Å². The lowest BCUT2D eigenvalue weighted by atomic mass is 10.0. The molecule has 76 valence electrons. The van der Waals surface area contributed by atoms with E-state index >= 15 is 0 Å². The normalized spacial score (nSPS) is 10.1. The van der Waals surface area contributed by atoms with Crippen molar-refractivity contribution in [1.29, 1.82) is 0 Å². The second-order valence-electron chi connectivity index (χ2n) is 3.30. The van der Waals surface area contributed by atoms with Crippen LogP contribution in [0.3, 0.4) is 0 Å². The van der Waals surface area contributed by atoms with Gasteiger partial charge in [0.05, 0.1) is 0 Å². The van der Waals surface area contributed by atoms with Gasteiger partial charge in [0.25, 0.3) is 0 Å². The molecule has 0 bridgehead atoms. The topological polar surface area (TPSA) is 49.3 Å². The van der Waals surface area contributed by atoms with Crippen molar-refractivity contribution < 1.29 is 9.90 Å². The van der Waals surface area contributed by atoms with E-state index in [-0.39, 0.29) is 0 Å². The molecule has 0 saturated carbocycles. The zero-order chi connectivity index (χ0) is 10.7. The molecule has 0 heterocycles. The first-order valence-electron chi connectivity index (χ1n) is 4.71. The molecule has 2 N–H and O–H groups in total. The van der Waals surface area contributed by atoms with E-state index in [0.717, 1.165) is 16.3 Å². The van der Waals surface area contributed by atoms with Crippen LogP contribution in [0.4, 0.5) is 4.79 Å². The second kappa shape index (κ2) is 4.00. The van der Waals surface area contributed by atoms with Crippen molar-refractivity contribution in [3.05, 3.63) is 48.0 Å². The summed E-state index contributed by atoms with van der Waals surface area (Å²) in [7, 11) is 0. The highest BCUT2D eigenvalue weighted by Gasteiger charge is 2.01. The maximum absolute atomic E-state index is 10.4. The first-order valence-corrected chi connectivity index (χ1v) is 4.71. The third kappa shape index (κ3) is 2.07. The van der Waals surface area contributed by atoms with Gasteiger partial charge in [0, 0.05) is 6.54 Å². The Labute approximate surface area is 87.3 Å². The average Bonchev–Trinajstić information content (AvgIpc) is 2.26. The second-order valence-corrected chi connectivity index (χ2v) is 3.30. The van der Waals surface area contributed by atoms with Crippen LogP contribution in [0.5, 0.6) is 0 Å². The van der Waals surface area contributed by atoms with Gasteiger partial charge in [0.15, 0.2) is 0 Å². The fourth-order valence-corrected chi connectivity index (χ4v) is 1.62. The van der Waals surface area contributed by atoms with Gasteiger partial charge in [-0.25, -0.2) is 4.79 Å². The molecule has 0 radical (unpaired) electrons. The van der Waals surface area contributed by atoms with E-state index in [1.165, 1.54) is 0 Å². The molecule has 3 nitrogen and oxygen atoms in total. The van der Waals surface area contributed by atoms with Crippen LogP contribution in [-0.2, 0) is 6.54 Å². The van der Waals surface area contributed by atoms with E-state index in [4.69, 9.17) is 5.11 Å². The number of nitrogens with one attached hydrogen (secondary N) is 1. The number of benzene rings is 2. The third-order valence-corrected chi connectivity index (χ3v) is 2.31. The highest BCUT2D eigenvalue weighted by atomic mass is 16.4. The summed E-state index contributed by atoms with van der Waals surface area (Å²) in [6.45, 7) is 0.344. The molecule has 2 aromatic carbocycles. The van der Waals surface area contributed by atoms with E-state index in [1.54, 1.807) is 0 Å². The van der Waals surface area contributed by atoms with Crippen LogP contribution < -0.4 is 5.32 Å². The number of carbonyl (C=O) groups is 1. The predicted molar refractivity (Wildman–Crippen MR) is 58.8 cm³/mol. The number of hydrogen-bond acceptors (Lipinski definition) is 1. The van der Waals surface area contributed by atoms with Gasteiger partial charge in [-0.15, -0.1) is 0 Å². The monoisotopic (exact) mass is 201 g/mol. The summed E-state index contributed by atoms with van der Waals surface area (Å²) in [6.07, 6.45) is -0.997. The molecule has 0 aliphatic rings. The third-order valence-electron chi connectivity index (χ3n) is 2.31. The molecule has 0 atom stereocenters. The van der Waals surface area contributed by atoms with Crippen molar-refractivity contribution in [2.45, 2.75) is 6.54 Å². The van der Waals surface area contributed by atoms with Crippen LogP contribution in [0.15, 0.2) is 42.5 Å². The highest BCUT2D eigenvalue weighted by molar-refractivity contribution is 5.85. The maximum Gasteiger partial charge on any atom is 0.404 e. The highest BCUT2D eigenvalue weighted by Crippen LogP contribution is 2.17. The smallest absolute Gasteiger partial charge is 0.404 e. The van der Waals surface area contributed by atoms with Gasteiger partial charge in [-0.2, -0.15) is 0 Å². The predicted octanol–water partition coefficient (Wildman–Crippen LogP) is 2.61. The zero-order valence-electron chi connectivity index (χ0n) is 8.10. The Bertz CT molecular complexity index is 488. The van der Waals surface area contributed by atoms with Crippen molar-refractivity contribution in [3.63, 3.8) is 0 Å². The molecule has 0 aromatic heterocycles. The van der Waals surface area contributed by atoms with Crippen LogP contribution in [0, 0.1) is 0 Å². The van der Waals surface area contributed by atoms with Gasteiger partial charge in [-0.05, 0) is 16.3 Å². The number of hydrogen-bond donors (Lipinski definition) is 2. The summed E-state index contributed by atoms with van der Waals surface area (Å²) in [5, 5.41) is 13.1. The molecule has 2 rings (SSSR count). The Hall–Kier alpha value is -2.03. The van der Waals surface area contributed by atoms with Crippen molar-refractivity contribution in [3.8, 4) is 0 Å². The van der Waals surface area contributed by atoms with Crippen LogP contribution in [0.2, 0.25) is 0 Å². The number of fused-ring (bicyclic) bond motifs is 1. The van der Waals surface area contributed by atoms with Crippen molar-refractivity contribution in [2.75, 3.05) is 0 Å². The minimum Gasteiger partial charge on any atom is -0.465 e. The first kappa shape index (κ1) is 9.52. The average molecular weight is 201 g/mol. The summed E-state index contributed by atoms with van der Waals surface area (Å²) >= 11 is 0. The molecule has 0 aliphatic heterocycles. The Morgan fingerprint density at radius 2 is 1.87 bits per heavy atom. The summed E-state index contributed by atoms with van der Waals surface area (Å²) in [4.78, 5) is 10.4. The van der Waals surface area contributed by atoms with Crippen molar-refractivity contribution in [1.82, 2.24) is 5.32 Å². The minimum absolute atomic E-state index is 0.344. The van der Waals surface area contributed by atoms with Gasteiger partial charge >= 0.3 is 6.09 Å². The standard InChI is InChI=1S/C12H11NO2/c14-12(15)13-8-10-6-3-5-9-4-1-2-7-11(9)10/h1-7,13H,8H2,(H,14,15). The fraction of sp³-hybridized carbons (Fsp3) is 0.0833. The lowest BCUT2D eigenvalue weighted by Crippen LogP contribution is -2.19. The molecule has 0 spiro atoms. The fourth-order valence-electron chi connectivity index (χ4n) is 1.62. The molecule has 15 heavy (non-hydrogen) atoms. The molecular weight excluding hydrogens is 190 g/mol. The van der Waals surface area contributed by atoms with E-state index < -0.39 is 6.09 Å². The van der Waals surface area contributed by atoms with E-state index in [1.807, 2.05) is 42.5 Å². The minimum atomic E-state index is -0.997. The molecule has 0 saturated heterocycles. The summed E-state index contributed by atoms with van der Waals surface area (Å²) < 4.78 is 0. The number of carboxylic acid groups (broad SMARTS) is 1. The van der Waals surface area contributed by atoms with E-state index in [9.17, 15) is 4.79 Å². The number of rotatable bonds is 2. The molecule has 2 aromatic rings. The summed E-state index contributed by atoms with van der Waals surface area (Å²) in [6, 6.07) is 13.8. The van der Waals surface area contributed by atoms with Crippen LogP contribution in [-0.4, -0.2) is 11.2 Å². The Kier molecular flexibility index (Phi) is 2.54. The largest absolute Gasteiger partial charge is 0.465 e. The zero-order valence-corrected chi connectivity index (χ0v) is 8.10. The quantitative estimate of drug-likeness (QED) is 0.784. The van der Waals surface area contributed by atoms with E-state index in [2.05, 4.69) is 5.32 Å². The molecule has 0 unspecified atom stereocenters. The van der Waals surface area contributed by atoms with Gasteiger partial charge in [0.2, 0.25) is 0 Å².